The highest BCUT2D eigenvalue weighted by Gasteiger charge is 2.22. The van der Waals surface area contributed by atoms with Crippen LogP contribution in [0.5, 0.6) is 0 Å². The molecule has 1 nitrogen and oxygen atoms in total. The van der Waals surface area contributed by atoms with Gasteiger partial charge in [-0.2, -0.15) is 0 Å². The second kappa shape index (κ2) is 5.65. The Morgan fingerprint density at radius 2 is 2.06 bits per heavy atom. The molecule has 1 aliphatic heterocycles. The van der Waals surface area contributed by atoms with Crippen LogP contribution in [0.15, 0.2) is 41.4 Å². The van der Waals surface area contributed by atoms with Crippen molar-refractivity contribution in [2.45, 2.75) is 25.3 Å². The highest BCUT2D eigenvalue weighted by atomic mass is 79.9. The molecule has 1 atom stereocenters. The Labute approximate surface area is 106 Å². The van der Waals surface area contributed by atoms with Crippen molar-refractivity contribution >= 4 is 15.9 Å². The van der Waals surface area contributed by atoms with E-state index >= 15 is 0 Å². The van der Waals surface area contributed by atoms with E-state index in [1.165, 1.54) is 31.4 Å². The van der Waals surface area contributed by atoms with Gasteiger partial charge in [0, 0.05) is 17.1 Å². The minimum atomic E-state index is 0.583. The van der Waals surface area contributed by atoms with Gasteiger partial charge >= 0.3 is 0 Å². The van der Waals surface area contributed by atoms with Gasteiger partial charge in [-0.15, -0.1) is 6.58 Å². The van der Waals surface area contributed by atoms with E-state index in [1.54, 1.807) is 0 Å². The predicted octanol–water partition coefficient (Wildman–Crippen LogP) is 4.16. The fourth-order valence-corrected chi connectivity index (χ4v) is 2.70. The van der Waals surface area contributed by atoms with Gasteiger partial charge in [0.15, 0.2) is 0 Å². The summed E-state index contributed by atoms with van der Waals surface area (Å²) in [6, 6.07) is 9.32. The Kier molecular flexibility index (Phi) is 4.19. The summed E-state index contributed by atoms with van der Waals surface area (Å²) >= 11 is 3.49. The normalized spacial score (nSPS) is 21.9. The second-order valence-electron chi connectivity index (χ2n) is 4.35. The van der Waals surface area contributed by atoms with Crippen molar-refractivity contribution in [3.8, 4) is 0 Å². The van der Waals surface area contributed by atoms with E-state index in [1.807, 2.05) is 6.08 Å². The minimum Gasteiger partial charge on any atom is -0.293 e. The first-order valence-corrected chi connectivity index (χ1v) is 6.71. The average Bonchev–Trinajstić information content (AvgIpc) is 2.32. The van der Waals surface area contributed by atoms with E-state index in [0.717, 1.165) is 11.0 Å². The van der Waals surface area contributed by atoms with Crippen LogP contribution >= 0.6 is 15.9 Å². The average molecular weight is 280 g/mol. The Balaban J connectivity index is 2.15. The van der Waals surface area contributed by atoms with E-state index in [4.69, 9.17) is 0 Å². The molecule has 86 valence electrons. The minimum absolute atomic E-state index is 0.583. The first-order valence-electron chi connectivity index (χ1n) is 5.91. The molecule has 0 aromatic heterocycles. The standard InChI is InChI=1S/C14H18BrN/c1-2-10-16-11-4-3-5-14(16)12-6-8-13(15)9-7-12/h2,6-9,14H,1,3-5,10-11H2. The maximum atomic E-state index is 3.85. The number of piperidine rings is 1. The van der Waals surface area contributed by atoms with Crippen LogP contribution in [0.2, 0.25) is 0 Å². The molecule has 16 heavy (non-hydrogen) atoms. The van der Waals surface area contributed by atoms with E-state index in [-0.39, 0.29) is 0 Å². The molecule has 1 heterocycles. The number of hydrogen-bond donors (Lipinski definition) is 0. The van der Waals surface area contributed by atoms with Gasteiger partial charge in [-0.3, -0.25) is 4.90 Å². The molecular weight excluding hydrogens is 262 g/mol. The molecule has 1 fully saturated rings. The maximum absolute atomic E-state index is 3.85. The molecule has 1 aromatic rings. The largest absolute Gasteiger partial charge is 0.293 e. The number of likely N-dealkylation sites (tertiary alicyclic amines) is 1. The molecule has 0 bridgehead atoms. The van der Waals surface area contributed by atoms with Gasteiger partial charge in [-0.1, -0.05) is 40.6 Å². The second-order valence-corrected chi connectivity index (χ2v) is 5.26. The van der Waals surface area contributed by atoms with E-state index < -0.39 is 0 Å². The quantitative estimate of drug-likeness (QED) is 0.751. The number of hydrogen-bond acceptors (Lipinski definition) is 1. The summed E-state index contributed by atoms with van der Waals surface area (Å²) in [5.41, 5.74) is 1.43. The zero-order valence-electron chi connectivity index (χ0n) is 9.53. The third-order valence-corrected chi connectivity index (χ3v) is 3.76. The van der Waals surface area contributed by atoms with Gasteiger partial charge in [0.25, 0.3) is 0 Å². The highest BCUT2D eigenvalue weighted by molar-refractivity contribution is 9.10. The number of benzene rings is 1. The van der Waals surface area contributed by atoms with Gasteiger partial charge in [-0.05, 0) is 37.1 Å². The number of rotatable bonds is 3. The zero-order valence-corrected chi connectivity index (χ0v) is 11.1. The van der Waals surface area contributed by atoms with Crippen molar-refractivity contribution in [1.82, 2.24) is 4.90 Å². The molecule has 2 rings (SSSR count). The lowest BCUT2D eigenvalue weighted by molar-refractivity contribution is 0.166. The molecule has 0 N–H and O–H groups in total. The molecule has 1 aliphatic rings. The van der Waals surface area contributed by atoms with Crippen molar-refractivity contribution < 1.29 is 0 Å². The van der Waals surface area contributed by atoms with Gasteiger partial charge in [0.05, 0.1) is 0 Å². The SMILES string of the molecule is C=CCN1CCCCC1c1ccc(Br)cc1. The summed E-state index contributed by atoms with van der Waals surface area (Å²) in [6.07, 6.45) is 5.95. The highest BCUT2D eigenvalue weighted by Crippen LogP contribution is 2.31. The topological polar surface area (TPSA) is 3.24 Å². The lowest BCUT2D eigenvalue weighted by Crippen LogP contribution is -2.33. The molecule has 1 aromatic carbocycles. The molecule has 0 radical (unpaired) electrons. The Morgan fingerprint density at radius 1 is 1.31 bits per heavy atom. The summed E-state index contributed by atoms with van der Waals surface area (Å²) in [7, 11) is 0. The van der Waals surface area contributed by atoms with Gasteiger partial charge in [0.2, 0.25) is 0 Å². The van der Waals surface area contributed by atoms with Crippen LogP contribution in [0.3, 0.4) is 0 Å². The Hall–Kier alpha value is -0.600. The smallest absolute Gasteiger partial charge is 0.0351 e. The third-order valence-electron chi connectivity index (χ3n) is 3.23. The lowest BCUT2D eigenvalue weighted by Gasteiger charge is -2.35. The van der Waals surface area contributed by atoms with Crippen LogP contribution in [0.1, 0.15) is 30.9 Å². The maximum Gasteiger partial charge on any atom is 0.0351 e. The van der Waals surface area contributed by atoms with E-state index in [9.17, 15) is 0 Å². The molecule has 2 heteroatoms. The fourth-order valence-electron chi connectivity index (χ4n) is 2.44. The van der Waals surface area contributed by atoms with Crippen LogP contribution < -0.4 is 0 Å². The van der Waals surface area contributed by atoms with Crippen molar-refractivity contribution in [2.24, 2.45) is 0 Å². The van der Waals surface area contributed by atoms with Crippen LogP contribution in [-0.4, -0.2) is 18.0 Å². The lowest BCUT2D eigenvalue weighted by atomic mass is 9.95. The van der Waals surface area contributed by atoms with Crippen molar-refractivity contribution in [3.05, 3.63) is 47.0 Å². The van der Waals surface area contributed by atoms with E-state index in [0.29, 0.717) is 6.04 Å². The molecule has 1 unspecified atom stereocenters. The number of halogens is 1. The summed E-state index contributed by atoms with van der Waals surface area (Å²) in [5, 5.41) is 0. The Morgan fingerprint density at radius 3 is 2.75 bits per heavy atom. The summed E-state index contributed by atoms with van der Waals surface area (Å²) in [6.45, 7) is 6.05. The molecule has 1 saturated heterocycles. The van der Waals surface area contributed by atoms with Crippen LogP contribution in [0.4, 0.5) is 0 Å². The van der Waals surface area contributed by atoms with Crippen molar-refractivity contribution in [1.29, 1.82) is 0 Å². The van der Waals surface area contributed by atoms with Gasteiger partial charge in [0.1, 0.15) is 0 Å². The van der Waals surface area contributed by atoms with Crippen molar-refractivity contribution in [3.63, 3.8) is 0 Å². The number of nitrogens with zero attached hydrogens (tertiary/aromatic N) is 1. The van der Waals surface area contributed by atoms with Gasteiger partial charge in [-0.25, -0.2) is 0 Å². The molecule has 0 spiro atoms. The molecule has 0 amide bonds. The summed E-state index contributed by atoms with van der Waals surface area (Å²) in [4.78, 5) is 2.53. The molecular formula is C14H18BrN. The first-order chi connectivity index (χ1) is 7.81. The molecule has 0 aliphatic carbocycles. The van der Waals surface area contributed by atoms with Crippen LogP contribution in [-0.2, 0) is 0 Å². The van der Waals surface area contributed by atoms with Crippen molar-refractivity contribution in [2.75, 3.05) is 13.1 Å². The van der Waals surface area contributed by atoms with Crippen LogP contribution in [0, 0.1) is 0 Å². The van der Waals surface area contributed by atoms with Gasteiger partial charge < -0.3 is 0 Å². The predicted molar refractivity (Wildman–Crippen MR) is 72.5 cm³/mol. The summed E-state index contributed by atoms with van der Waals surface area (Å²) < 4.78 is 1.15. The molecule has 0 saturated carbocycles. The van der Waals surface area contributed by atoms with E-state index in [2.05, 4.69) is 51.7 Å². The third kappa shape index (κ3) is 2.74. The Bertz CT molecular complexity index is 344. The fraction of sp³-hybridized carbons (Fsp3) is 0.429. The summed E-state index contributed by atoms with van der Waals surface area (Å²) in [5.74, 6) is 0. The van der Waals surface area contributed by atoms with Crippen LogP contribution in [0.25, 0.3) is 0 Å². The first kappa shape index (κ1) is 11.9. The monoisotopic (exact) mass is 279 g/mol. The zero-order chi connectivity index (χ0) is 11.4.